The van der Waals surface area contributed by atoms with Gasteiger partial charge in [-0.1, -0.05) is 18.2 Å². The molecule has 0 saturated carbocycles. The van der Waals surface area contributed by atoms with Gasteiger partial charge in [0.25, 0.3) is 11.8 Å². The molecule has 0 bridgehead atoms. The van der Waals surface area contributed by atoms with E-state index in [1.54, 1.807) is 18.2 Å². The van der Waals surface area contributed by atoms with Crippen LogP contribution in [0.2, 0.25) is 0 Å². The van der Waals surface area contributed by atoms with Crippen molar-refractivity contribution >= 4 is 34.2 Å². The smallest absolute Gasteiger partial charge is 0.291 e. The van der Waals surface area contributed by atoms with E-state index in [4.69, 9.17) is 9.15 Å². The van der Waals surface area contributed by atoms with Crippen LogP contribution >= 0.6 is 0 Å². The van der Waals surface area contributed by atoms with E-state index in [-0.39, 0.29) is 24.2 Å². The summed E-state index contributed by atoms with van der Waals surface area (Å²) >= 11 is 0. The number of ether oxygens (including phenoxy) is 1. The molecule has 0 unspecified atom stereocenters. The van der Waals surface area contributed by atoms with E-state index in [0.717, 1.165) is 10.9 Å². The molecule has 2 N–H and O–H groups in total. The first-order chi connectivity index (χ1) is 11.6. The summed E-state index contributed by atoms with van der Waals surface area (Å²) in [6, 6.07) is 12.6. The normalized spacial score (nSPS) is 13.1. The molecule has 0 fully saturated rings. The Morgan fingerprint density at radius 3 is 2.88 bits per heavy atom. The number of amides is 2. The van der Waals surface area contributed by atoms with Crippen molar-refractivity contribution in [2.75, 3.05) is 17.2 Å². The highest BCUT2D eigenvalue weighted by Crippen LogP contribution is 2.31. The lowest BCUT2D eigenvalue weighted by Gasteiger charge is -2.18. The number of furan rings is 1. The number of rotatable bonds is 2. The molecule has 6 nitrogen and oxygen atoms in total. The standard InChI is InChI=1S/C18H14N2O4/c1-10-12-4-2-3-5-14(12)24-17(10)18(22)19-11-6-7-15-13(8-11)20-16(21)9-23-15/h2-8H,9H2,1H3,(H,19,22)(H,20,21). The van der Waals surface area contributed by atoms with Crippen molar-refractivity contribution in [2.24, 2.45) is 0 Å². The number of hydrogen-bond acceptors (Lipinski definition) is 4. The molecule has 1 aliphatic rings. The van der Waals surface area contributed by atoms with Gasteiger partial charge in [-0.15, -0.1) is 0 Å². The number of benzene rings is 2. The van der Waals surface area contributed by atoms with E-state index in [1.165, 1.54) is 0 Å². The highest BCUT2D eigenvalue weighted by atomic mass is 16.5. The van der Waals surface area contributed by atoms with E-state index >= 15 is 0 Å². The lowest BCUT2D eigenvalue weighted by Crippen LogP contribution is -2.25. The second kappa shape index (κ2) is 5.42. The van der Waals surface area contributed by atoms with E-state index in [0.29, 0.717) is 22.7 Å². The summed E-state index contributed by atoms with van der Waals surface area (Å²) < 4.78 is 11.0. The zero-order valence-electron chi connectivity index (χ0n) is 12.9. The molecule has 1 aromatic heterocycles. The first-order valence-corrected chi connectivity index (χ1v) is 7.48. The quantitative estimate of drug-likeness (QED) is 0.758. The Bertz CT molecular complexity index is 974. The summed E-state index contributed by atoms with van der Waals surface area (Å²) in [6.07, 6.45) is 0. The zero-order valence-corrected chi connectivity index (χ0v) is 12.9. The van der Waals surface area contributed by atoms with Gasteiger partial charge in [0.2, 0.25) is 0 Å². The molecule has 0 aliphatic carbocycles. The number of carbonyl (C=O) groups excluding carboxylic acids is 2. The SMILES string of the molecule is Cc1c(C(=O)Nc2ccc3c(c2)NC(=O)CO3)oc2ccccc12. The summed E-state index contributed by atoms with van der Waals surface area (Å²) in [4.78, 5) is 23.9. The van der Waals surface area contributed by atoms with Gasteiger partial charge < -0.3 is 19.8 Å². The van der Waals surface area contributed by atoms with Crippen molar-refractivity contribution in [3.8, 4) is 5.75 Å². The fourth-order valence-electron chi connectivity index (χ4n) is 2.74. The highest BCUT2D eigenvalue weighted by molar-refractivity contribution is 6.07. The first-order valence-electron chi connectivity index (χ1n) is 7.48. The molecule has 120 valence electrons. The van der Waals surface area contributed by atoms with Crippen LogP contribution < -0.4 is 15.4 Å². The van der Waals surface area contributed by atoms with Crippen LogP contribution in [-0.2, 0) is 4.79 Å². The number of anilines is 2. The Balaban J connectivity index is 1.63. The molecule has 1 aliphatic heterocycles. The van der Waals surface area contributed by atoms with E-state index in [1.807, 2.05) is 31.2 Å². The lowest BCUT2D eigenvalue weighted by molar-refractivity contribution is -0.118. The topological polar surface area (TPSA) is 80.6 Å². The van der Waals surface area contributed by atoms with Crippen LogP contribution in [0.3, 0.4) is 0 Å². The Hall–Kier alpha value is -3.28. The molecule has 0 saturated heterocycles. The van der Waals surface area contributed by atoms with Gasteiger partial charge in [0.15, 0.2) is 12.4 Å². The molecular formula is C18H14N2O4. The van der Waals surface area contributed by atoms with Crippen molar-refractivity contribution in [3.05, 3.63) is 53.8 Å². The molecular weight excluding hydrogens is 308 g/mol. The van der Waals surface area contributed by atoms with E-state index in [9.17, 15) is 9.59 Å². The van der Waals surface area contributed by atoms with Crippen LogP contribution in [0, 0.1) is 6.92 Å². The largest absolute Gasteiger partial charge is 0.482 e. The van der Waals surface area contributed by atoms with Crippen LogP contribution in [-0.4, -0.2) is 18.4 Å². The minimum Gasteiger partial charge on any atom is -0.482 e. The Labute approximate surface area is 137 Å². The van der Waals surface area contributed by atoms with Gasteiger partial charge in [-0.3, -0.25) is 9.59 Å². The predicted molar refractivity (Wildman–Crippen MR) is 89.5 cm³/mol. The van der Waals surface area contributed by atoms with Crippen LogP contribution in [0.5, 0.6) is 5.75 Å². The van der Waals surface area contributed by atoms with Gasteiger partial charge in [0, 0.05) is 16.6 Å². The fraction of sp³-hybridized carbons (Fsp3) is 0.111. The van der Waals surface area contributed by atoms with Crippen LogP contribution in [0.4, 0.5) is 11.4 Å². The van der Waals surface area contributed by atoms with E-state index in [2.05, 4.69) is 10.6 Å². The molecule has 0 radical (unpaired) electrons. The summed E-state index contributed by atoms with van der Waals surface area (Å²) in [5.41, 5.74) is 2.54. The monoisotopic (exact) mass is 322 g/mol. The summed E-state index contributed by atoms with van der Waals surface area (Å²) in [7, 11) is 0. The second-order valence-electron chi connectivity index (χ2n) is 5.55. The number of para-hydroxylation sites is 1. The third-order valence-electron chi connectivity index (χ3n) is 3.92. The van der Waals surface area contributed by atoms with Gasteiger partial charge in [0.05, 0.1) is 5.69 Å². The molecule has 24 heavy (non-hydrogen) atoms. The Morgan fingerprint density at radius 1 is 1.21 bits per heavy atom. The number of aryl methyl sites for hydroxylation is 1. The summed E-state index contributed by atoms with van der Waals surface area (Å²) in [5.74, 6) is 0.285. The molecule has 3 aromatic rings. The van der Waals surface area contributed by atoms with Gasteiger partial charge in [-0.05, 0) is 31.2 Å². The maximum atomic E-state index is 12.5. The van der Waals surface area contributed by atoms with Gasteiger partial charge in [0.1, 0.15) is 11.3 Å². The average Bonchev–Trinajstić information content (AvgIpc) is 2.92. The van der Waals surface area contributed by atoms with Gasteiger partial charge >= 0.3 is 0 Å². The van der Waals surface area contributed by atoms with Crippen molar-refractivity contribution in [2.45, 2.75) is 6.92 Å². The number of hydrogen-bond donors (Lipinski definition) is 2. The molecule has 0 atom stereocenters. The summed E-state index contributed by atoms with van der Waals surface area (Å²) in [5, 5.41) is 6.40. The number of fused-ring (bicyclic) bond motifs is 2. The van der Waals surface area contributed by atoms with Crippen LogP contribution in [0.25, 0.3) is 11.0 Å². The highest BCUT2D eigenvalue weighted by Gasteiger charge is 2.19. The van der Waals surface area contributed by atoms with Crippen molar-refractivity contribution in [3.63, 3.8) is 0 Å². The molecule has 2 aromatic carbocycles. The molecule has 4 rings (SSSR count). The van der Waals surface area contributed by atoms with Gasteiger partial charge in [-0.25, -0.2) is 0 Å². The van der Waals surface area contributed by atoms with Crippen LogP contribution in [0.15, 0.2) is 46.9 Å². The van der Waals surface area contributed by atoms with Crippen molar-refractivity contribution in [1.29, 1.82) is 0 Å². The molecule has 0 spiro atoms. The van der Waals surface area contributed by atoms with Crippen molar-refractivity contribution in [1.82, 2.24) is 0 Å². The molecule has 6 heteroatoms. The molecule has 2 heterocycles. The zero-order chi connectivity index (χ0) is 16.7. The lowest BCUT2D eigenvalue weighted by atomic mass is 10.1. The van der Waals surface area contributed by atoms with E-state index < -0.39 is 0 Å². The first kappa shape index (κ1) is 14.3. The molecule has 2 amide bonds. The number of carbonyl (C=O) groups is 2. The average molecular weight is 322 g/mol. The minimum atomic E-state index is -0.341. The second-order valence-corrected chi connectivity index (χ2v) is 5.55. The summed E-state index contributed by atoms with van der Waals surface area (Å²) in [6.45, 7) is 1.85. The number of nitrogens with one attached hydrogen (secondary N) is 2. The third-order valence-corrected chi connectivity index (χ3v) is 3.92. The maximum Gasteiger partial charge on any atom is 0.291 e. The Morgan fingerprint density at radius 2 is 2.04 bits per heavy atom. The van der Waals surface area contributed by atoms with Crippen LogP contribution in [0.1, 0.15) is 16.1 Å². The van der Waals surface area contributed by atoms with Gasteiger partial charge in [-0.2, -0.15) is 0 Å². The van der Waals surface area contributed by atoms with Crippen molar-refractivity contribution < 1.29 is 18.7 Å². The predicted octanol–water partition coefficient (Wildman–Crippen LogP) is 3.32. The fourth-order valence-corrected chi connectivity index (χ4v) is 2.74. The minimum absolute atomic E-state index is 0.00309. The Kier molecular flexibility index (Phi) is 3.23. The third kappa shape index (κ3) is 2.38. The maximum absolute atomic E-state index is 12.5.